The van der Waals surface area contributed by atoms with Crippen LogP contribution in [0.1, 0.15) is 16.1 Å². The number of carbonyl (C=O) groups is 1. The molecule has 1 N–H and O–H groups in total. The van der Waals surface area contributed by atoms with Crippen LogP contribution < -0.4 is 0 Å². The molecule has 0 atom stereocenters. The molecule has 1 amide bonds. The van der Waals surface area contributed by atoms with Crippen molar-refractivity contribution in [2.75, 3.05) is 33.4 Å². The number of hydrogen-bond acceptors (Lipinski definition) is 4. The van der Waals surface area contributed by atoms with E-state index in [4.69, 9.17) is 16.3 Å². The minimum Gasteiger partial charge on any atom is -0.379 e. The van der Waals surface area contributed by atoms with Gasteiger partial charge in [0, 0.05) is 37.9 Å². The number of carbonyl (C=O) groups excluding carboxylic acids is 1. The van der Waals surface area contributed by atoms with Crippen molar-refractivity contribution in [2.45, 2.75) is 11.4 Å². The number of ether oxygens (including phenoxy) is 1. The minimum absolute atomic E-state index is 0.0777. The number of aromatic amines is 1. The van der Waals surface area contributed by atoms with Gasteiger partial charge in [0.2, 0.25) is 10.0 Å². The molecule has 3 rings (SSSR count). The third-order valence-electron chi connectivity index (χ3n) is 4.21. The van der Waals surface area contributed by atoms with E-state index in [1.165, 1.54) is 21.5 Å². The summed E-state index contributed by atoms with van der Waals surface area (Å²) in [5.74, 6) is -0.312. The monoisotopic (exact) mass is 397 g/mol. The van der Waals surface area contributed by atoms with Gasteiger partial charge in [0.05, 0.1) is 13.2 Å². The largest absolute Gasteiger partial charge is 0.379 e. The molecule has 0 bridgehead atoms. The average molecular weight is 398 g/mol. The van der Waals surface area contributed by atoms with Gasteiger partial charge >= 0.3 is 0 Å². The highest BCUT2D eigenvalue weighted by Crippen LogP contribution is 2.20. The predicted molar refractivity (Wildman–Crippen MR) is 97.6 cm³/mol. The van der Waals surface area contributed by atoms with E-state index in [9.17, 15) is 13.2 Å². The van der Waals surface area contributed by atoms with Gasteiger partial charge in [-0.15, -0.1) is 0 Å². The summed E-state index contributed by atoms with van der Waals surface area (Å²) < 4.78 is 31.8. The SMILES string of the molecule is CN(Cc1ccccc1Cl)C(=O)c1cc(S(=O)(=O)N2CCOCC2)c[nH]1. The lowest BCUT2D eigenvalue weighted by molar-refractivity contribution is 0.0730. The summed E-state index contributed by atoms with van der Waals surface area (Å²) in [6.07, 6.45) is 1.35. The molecule has 1 aromatic heterocycles. The maximum absolute atomic E-state index is 12.6. The first-order chi connectivity index (χ1) is 12.4. The van der Waals surface area contributed by atoms with Crippen LogP contribution in [0.2, 0.25) is 5.02 Å². The summed E-state index contributed by atoms with van der Waals surface area (Å²) in [5.41, 5.74) is 1.03. The van der Waals surface area contributed by atoms with E-state index >= 15 is 0 Å². The molecule has 0 spiro atoms. The lowest BCUT2D eigenvalue weighted by Gasteiger charge is -2.25. The zero-order valence-electron chi connectivity index (χ0n) is 14.3. The van der Waals surface area contributed by atoms with Crippen LogP contribution in [0.25, 0.3) is 0 Å². The average Bonchev–Trinajstić information content (AvgIpc) is 3.14. The zero-order valence-corrected chi connectivity index (χ0v) is 15.9. The number of morpholine rings is 1. The molecule has 0 unspecified atom stereocenters. The summed E-state index contributed by atoms with van der Waals surface area (Å²) >= 11 is 6.13. The first-order valence-corrected chi connectivity index (χ1v) is 9.96. The number of aromatic nitrogens is 1. The van der Waals surface area contributed by atoms with Crippen molar-refractivity contribution < 1.29 is 17.9 Å². The molecule has 1 fully saturated rings. The fourth-order valence-corrected chi connectivity index (χ4v) is 4.34. The predicted octanol–water partition coefficient (Wildman–Crippen LogP) is 1.96. The molecular formula is C17H20ClN3O4S. The van der Waals surface area contributed by atoms with Gasteiger partial charge in [-0.3, -0.25) is 4.79 Å². The molecule has 140 valence electrons. The van der Waals surface area contributed by atoms with E-state index in [0.29, 0.717) is 37.9 Å². The van der Waals surface area contributed by atoms with Crippen LogP contribution in [0.3, 0.4) is 0 Å². The number of hydrogen-bond donors (Lipinski definition) is 1. The molecule has 26 heavy (non-hydrogen) atoms. The Morgan fingerprint density at radius 3 is 2.69 bits per heavy atom. The fraction of sp³-hybridized carbons (Fsp3) is 0.353. The van der Waals surface area contributed by atoms with Crippen LogP contribution in [-0.2, 0) is 21.3 Å². The van der Waals surface area contributed by atoms with Crippen molar-refractivity contribution in [1.29, 1.82) is 0 Å². The van der Waals surface area contributed by atoms with Gasteiger partial charge < -0.3 is 14.6 Å². The van der Waals surface area contributed by atoms with E-state index in [1.54, 1.807) is 13.1 Å². The third kappa shape index (κ3) is 3.93. The van der Waals surface area contributed by atoms with Gasteiger partial charge in [0.1, 0.15) is 10.6 Å². The van der Waals surface area contributed by atoms with Crippen molar-refractivity contribution in [3.05, 3.63) is 52.8 Å². The van der Waals surface area contributed by atoms with Crippen molar-refractivity contribution in [2.24, 2.45) is 0 Å². The minimum atomic E-state index is -3.64. The first-order valence-electron chi connectivity index (χ1n) is 8.15. The number of benzene rings is 1. The quantitative estimate of drug-likeness (QED) is 0.836. The number of sulfonamides is 1. The molecule has 0 aliphatic carbocycles. The van der Waals surface area contributed by atoms with Gasteiger partial charge in [0.15, 0.2) is 0 Å². The smallest absolute Gasteiger partial charge is 0.270 e. The Morgan fingerprint density at radius 1 is 1.31 bits per heavy atom. The summed E-state index contributed by atoms with van der Waals surface area (Å²) in [4.78, 5) is 16.9. The summed E-state index contributed by atoms with van der Waals surface area (Å²) in [6.45, 7) is 1.68. The molecule has 2 aromatic rings. The lowest BCUT2D eigenvalue weighted by Crippen LogP contribution is -2.40. The number of rotatable bonds is 5. The van der Waals surface area contributed by atoms with Crippen LogP contribution in [0.5, 0.6) is 0 Å². The van der Waals surface area contributed by atoms with Gasteiger partial charge in [-0.25, -0.2) is 8.42 Å². The second-order valence-corrected chi connectivity index (χ2v) is 8.36. The second-order valence-electron chi connectivity index (χ2n) is 6.02. The number of amides is 1. The van der Waals surface area contributed by atoms with E-state index in [2.05, 4.69) is 4.98 Å². The highest BCUT2D eigenvalue weighted by atomic mass is 35.5. The van der Waals surface area contributed by atoms with Gasteiger partial charge in [-0.2, -0.15) is 4.31 Å². The zero-order chi connectivity index (χ0) is 18.7. The lowest BCUT2D eigenvalue weighted by atomic mass is 10.2. The summed E-state index contributed by atoms with van der Waals surface area (Å²) in [6, 6.07) is 8.64. The highest BCUT2D eigenvalue weighted by molar-refractivity contribution is 7.89. The van der Waals surface area contributed by atoms with Crippen molar-refractivity contribution in [1.82, 2.24) is 14.2 Å². The highest BCUT2D eigenvalue weighted by Gasteiger charge is 2.28. The molecule has 7 nitrogen and oxygen atoms in total. The standard InChI is InChI=1S/C17H20ClN3O4S/c1-20(12-13-4-2-3-5-15(13)18)17(22)16-10-14(11-19-16)26(23,24)21-6-8-25-9-7-21/h2-5,10-11,19H,6-9,12H2,1H3. The second kappa shape index (κ2) is 7.79. The Morgan fingerprint density at radius 2 is 2.00 bits per heavy atom. The van der Waals surface area contributed by atoms with E-state index < -0.39 is 10.0 Å². The topological polar surface area (TPSA) is 82.7 Å². The molecule has 2 heterocycles. The number of nitrogens with zero attached hydrogens (tertiary/aromatic N) is 2. The Bertz CT molecular complexity index is 891. The third-order valence-corrected chi connectivity index (χ3v) is 6.45. The van der Waals surface area contributed by atoms with E-state index in [-0.39, 0.29) is 16.5 Å². The normalized spacial score (nSPS) is 15.8. The molecule has 1 aliphatic rings. The van der Waals surface area contributed by atoms with Gasteiger partial charge in [0.25, 0.3) is 5.91 Å². The maximum atomic E-state index is 12.6. The fourth-order valence-electron chi connectivity index (χ4n) is 2.74. The first kappa shape index (κ1) is 18.9. The Hall–Kier alpha value is -1.87. The number of nitrogens with one attached hydrogen (secondary N) is 1. The maximum Gasteiger partial charge on any atom is 0.270 e. The van der Waals surface area contributed by atoms with E-state index in [0.717, 1.165) is 5.56 Å². The van der Waals surface area contributed by atoms with Gasteiger partial charge in [-0.05, 0) is 17.7 Å². The Labute approximate surface area is 157 Å². The van der Waals surface area contributed by atoms with Crippen LogP contribution in [0, 0.1) is 0 Å². The van der Waals surface area contributed by atoms with E-state index in [1.807, 2.05) is 18.2 Å². The van der Waals surface area contributed by atoms with Crippen molar-refractivity contribution in [3.63, 3.8) is 0 Å². The van der Waals surface area contributed by atoms with Crippen molar-refractivity contribution in [3.8, 4) is 0 Å². The Balaban J connectivity index is 1.74. The molecule has 1 aromatic carbocycles. The molecule has 1 aliphatic heterocycles. The number of H-pyrrole nitrogens is 1. The molecule has 9 heteroatoms. The van der Waals surface area contributed by atoms with Crippen LogP contribution in [0.4, 0.5) is 0 Å². The summed E-state index contributed by atoms with van der Waals surface area (Å²) in [7, 11) is -1.99. The molecule has 1 saturated heterocycles. The van der Waals surface area contributed by atoms with Crippen molar-refractivity contribution >= 4 is 27.5 Å². The van der Waals surface area contributed by atoms with Crippen LogP contribution in [0.15, 0.2) is 41.4 Å². The van der Waals surface area contributed by atoms with Gasteiger partial charge in [-0.1, -0.05) is 29.8 Å². The van der Waals surface area contributed by atoms with Crippen LogP contribution >= 0.6 is 11.6 Å². The molecular weight excluding hydrogens is 378 g/mol. The Kier molecular flexibility index (Phi) is 5.67. The van der Waals surface area contributed by atoms with Crippen LogP contribution in [-0.4, -0.2) is 61.9 Å². The molecule has 0 saturated carbocycles. The molecule has 0 radical (unpaired) electrons. The number of halogens is 1. The summed E-state index contributed by atoms with van der Waals surface area (Å²) in [5, 5.41) is 0.578.